The third kappa shape index (κ3) is 3.37. The predicted molar refractivity (Wildman–Crippen MR) is 63.1 cm³/mol. The van der Waals surface area contributed by atoms with Gasteiger partial charge in [-0.25, -0.2) is 9.99 Å². The number of hydrogen-bond donors (Lipinski definition) is 1. The summed E-state index contributed by atoms with van der Waals surface area (Å²) in [6, 6.07) is 3.13. The Morgan fingerprint density at radius 2 is 2.20 bits per heavy atom. The van der Waals surface area contributed by atoms with Crippen LogP contribution in [0, 0.1) is 0 Å². The maximum atomic E-state index is 12.3. The molecule has 0 unspecified atom stereocenters. The lowest BCUT2D eigenvalue weighted by molar-refractivity contribution is -0.164. The number of ether oxygens (including phenoxy) is 1. The molecule has 0 fully saturated rings. The first-order valence-electron chi connectivity index (χ1n) is 5.57. The van der Waals surface area contributed by atoms with E-state index in [-0.39, 0.29) is 12.4 Å². The quantitative estimate of drug-likeness (QED) is 0.891. The zero-order valence-electron chi connectivity index (χ0n) is 10.4. The fourth-order valence-corrected chi connectivity index (χ4v) is 1.56. The molecule has 0 spiro atoms. The summed E-state index contributed by atoms with van der Waals surface area (Å²) in [4.78, 5) is 19.2. The molecule has 1 aromatic rings. The number of nitrogens with zero attached hydrogens (tertiary/aromatic N) is 3. The number of rotatable bonds is 3. The average molecular weight is 288 g/mol. The third-order valence-electron chi connectivity index (χ3n) is 2.47. The lowest BCUT2D eigenvalue weighted by Gasteiger charge is -2.28. The second kappa shape index (κ2) is 5.35. The van der Waals surface area contributed by atoms with Crippen LogP contribution in [0.4, 0.5) is 13.2 Å². The summed E-state index contributed by atoms with van der Waals surface area (Å²) in [6.07, 6.45) is -3.09. The number of methoxy groups -OCH3 is 1. The molecule has 1 N–H and O–H groups in total. The van der Waals surface area contributed by atoms with E-state index in [1.54, 1.807) is 12.1 Å². The maximum absolute atomic E-state index is 12.3. The van der Waals surface area contributed by atoms with E-state index in [2.05, 4.69) is 15.4 Å². The van der Waals surface area contributed by atoms with Crippen LogP contribution in [0.1, 0.15) is 5.56 Å². The number of hydrogen-bond acceptors (Lipinski definition) is 5. The molecular formula is C11H11F3N4O2. The van der Waals surface area contributed by atoms with Crippen molar-refractivity contribution < 1.29 is 22.7 Å². The van der Waals surface area contributed by atoms with Gasteiger partial charge in [-0.1, -0.05) is 0 Å². The number of aliphatic imine (C=N–C) groups is 1. The zero-order chi connectivity index (χ0) is 14.8. The molecule has 1 aromatic heterocycles. The van der Waals surface area contributed by atoms with Crippen LogP contribution in [0.2, 0.25) is 0 Å². The van der Waals surface area contributed by atoms with Crippen LogP contribution in [-0.4, -0.2) is 48.1 Å². The molecule has 1 amide bonds. The van der Waals surface area contributed by atoms with Gasteiger partial charge in [0.05, 0.1) is 7.11 Å². The van der Waals surface area contributed by atoms with Crippen molar-refractivity contribution in [3.05, 3.63) is 23.9 Å². The highest BCUT2D eigenvalue weighted by Crippen LogP contribution is 2.17. The van der Waals surface area contributed by atoms with Gasteiger partial charge in [0, 0.05) is 17.8 Å². The minimum Gasteiger partial charge on any atom is -0.481 e. The van der Waals surface area contributed by atoms with E-state index >= 15 is 0 Å². The fraction of sp³-hybridized carbons (Fsp3) is 0.364. The van der Waals surface area contributed by atoms with Gasteiger partial charge in [0.2, 0.25) is 5.88 Å². The monoisotopic (exact) mass is 288 g/mol. The van der Waals surface area contributed by atoms with Crippen LogP contribution >= 0.6 is 0 Å². The standard InChI is InChI=1S/C11H11F3N4O2/c1-20-8-3-2-7(4-15-8)10-16-5-9(19)18(17-10)6-11(12,13)14/h2-4H,5-6H2,1H3,(H,16,17). The summed E-state index contributed by atoms with van der Waals surface area (Å²) in [5.41, 5.74) is 2.81. The van der Waals surface area contributed by atoms with Gasteiger partial charge in [0.1, 0.15) is 18.9 Å². The summed E-state index contributed by atoms with van der Waals surface area (Å²) >= 11 is 0. The lowest BCUT2D eigenvalue weighted by atomic mass is 10.2. The number of carbonyl (C=O) groups excluding carboxylic acids is 1. The largest absolute Gasteiger partial charge is 0.481 e. The van der Waals surface area contributed by atoms with Gasteiger partial charge in [-0.05, 0) is 6.07 Å². The molecule has 0 bridgehead atoms. The van der Waals surface area contributed by atoms with Gasteiger partial charge in [0.25, 0.3) is 5.91 Å². The Morgan fingerprint density at radius 1 is 1.45 bits per heavy atom. The Labute approximate surface area is 112 Å². The topological polar surface area (TPSA) is 66.8 Å². The molecule has 0 saturated heterocycles. The van der Waals surface area contributed by atoms with Crippen molar-refractivity contribution in [2.45, 2.75) is 6.18 Å². The molecule has 1 aliphatic rings. The van der Waals surface area contributed by atoms with Crippen molar-refractivity contribution in [1.29, 1.82) is 0 Å². The van der Waals surface area contributed by atoms with Crippen molar-refractivity contribution in [1.82, 2.24) is 15.4 Å². The van der Waals surface area contributed by atoms with E-state index in [1.165, 1.54) is 13.3 Å². The van der Waals surface area contributed by atoms with E-state index in [1.807, 2.05) is 0 Å². The molecule has 0 aliphatic carbocycles. The highest BCUT2D eigenvalue weighted by molar-refractivity contribution is 6.02. The summed E-state index contributed by atoms with van der Waals surface area (Å²) < 4.78 is 41.9. The van der Waals surface area contributed by atoms with Gasteiger partial charge < -0.3 is 4.74 Å². The van der Waals surface area contributed by atoms with E-state index in [0.717, 1.165) is 0 Å². The number of amidine groups is 1. The number of aromatic nitrogens is 1. The normalized spacial score (nSPS) is 15.7. The second-order valence-electron chi connectivity index (χ2n) is 3.96. The average Bonchev–Trinajstić information content (AvgIpc) is 2.40. The summed E-state index contributed by atoms with van der Waals surface area (Å²) in [7, 11) is 1.45. The molecule has 6 nitrogen and oxygen atoms in total. The van der Waals surface area contributed by atoms with Crippen LogP contribution in [0.15, 0.2) is 23.3 Å². The summed E-state index contributed by atoms with van der Waals surface area (Å²) in [5, 5.41) is 0.493. The van der Waals surface area contributed by atoms with Gasteiger partial charge in [-0.3, -0.25) is 15.2 Å². The number of carbonyl (C=O) groups is 1. The molecule has 1 aliphatic heterocycles. The van der Waals surface area contributed by atoms with E-state index < -0.39 is 18.6 Å². The maximum Gasteiger partial charge on any atom is 0.408 e. The van der Waals surface area contributed by atoms with Crippen LogP contribution < -0.4 is 10.2 Å². The number of amides is 1. The first-order chi connectivity index (χ1) is 9.39. The van der Waals surface area contributed by atoms with Crippen LogP contribution in [-0.2, 0) is 4.79 Å². The van der Waals surface area contributed by atoms with E-state index in [9.17, 15) is 18.0 Å². The number of pyridine rings is 1. The number of alkyl halides is 3. The zero-order valence-corrected chi connectivity index (χ0v) is 10.4. The highest BCUT2D eigenvalue weighted by Gasteiger charge is 2.35. The van der Waals surface area contributed by atoms with Crippen molar-refractivity contribution in [3.63, 3.8) is 0 Å². The van der Waals surface area contributed by atoms with Crippen LogP contribution in [0.25, 0.3) is 0 Å². The summed E-state index contributed by atoms with van der Waals surface area (Å²) in [5.74, 6) is -0.218. The molecule has 0 radical (unpaired) electrons. The molecule has 0 atom stereocenters. The van der Waals surface area contributed by atoms with E-state index in [4.69, 9.17) is 4.74 Å². The third-order valence-corrected chi connectivity index (χ3v) is 2.47. The Bertz CT molecular complexity index is 527. The SMILES string of the molecule is COc1ccc(C2=NCC(=O)N(CC(F)(F)F)N2)cn1. The molecule has 2 rings (SSSR count). The number of hydrazine groups is 1. The molecule has 9 heteroatoms. The molecule has 2 heterocycles. The number of halogens is 3. The first kappa shape index (κ1) is 14.1. The van der Waals surface area contributed by atoms with Crippen molar-refractivity contribution in [2.75, 3.05) is 20.2 Å². The predicted octanol–water partition coefficient (Wildman–Crippen LogP) is 0.746. The smallest absolute Gasteiger partial charge is 0.408 e. The molecule has 108 valence electrons. The van der Waals surface area contributed by atoms with Crippen molar-refractivity contribution in [3.8, 4) is 5.88 Å². The van der Waals surface area contributed by atoms with Gasteiger partial charge in [0.15, 0.2) is 0 Å². The Hall–Kier alpha value is -2.32. The molecule has 0 saturated carbocycles. The second-order valence-corrected chi connectivity index (χ2v) is 3.96. The van der Waals surface area contributed by atoms with E-state index in [0.29, 0.717) is 16.5 Å². The van der Waals surface area contributed by atoms with Crippen LogP contribution in [0.3, 0.4) is 0 Å². The Balaban J connectivity index is 2.14. The van der Waals surface area contributed by atoms with Gasteiger partial charge in [-0.15, -0.1) is 0 Å². The van der Waals surface area contributed by atoms with Gasteiger partial charge in [-0.2, -0.15) is 13.2 Å². The lowest BCUT2D eigenvalue weighted by Crippen LogP contribution is -2.54. The fourth-order valence-electron chi connectivity index (χ4n) is 1.56. The summed E-state index contributed by atoms with van der Waals surface area (Å²) in [6.45, 7) is -1.72. The minimum atomic E-state index is -4.48. The minimum absolute atomic E-state index is 0.156. The highest BCUT2D eigenvalue weighted by atomic mass is 19.4. The van der Waals surface area contributed by atoms with Gasteiger partial charge >= 0.3 is 6.18 Å². The molecule has 20 heavy (non-hydrogen) atoms. The first-order valence-corrected chi connectivity index (χ1v) is 5.57. The van der Waals surface area contributed by atoms with Crippen molar-refractivity contribution in [2.24, 2.45) is 4.99 Å². The molecular weight excluding hydrogens is 277 g/mol. The molecule has 0 aromatic carbocycles. The Kier molecular flexibility index (Phi) is 3.77. The Morgan fingerprint density at radius 3 is 2.75 bits per heavy atom. The van der Waals surface area contributed by atoms with Crippen molar-refractivity contribution >= 4 is 11.7 Å². The number of nitrogens with one attached hydrogen (secondary N) is 1. The van der Waals surface area contributed by atoms with Crippen LogP contribution in [0.5, 0.6) is 5.88 Å².